The number of hydrogen-bond acceptors (Lipinski definition) is 9. The number of pyridine rings is 2. The summed E-state index contributed by atoms with van der Waals surface area (Å²) >= 11 is 0. The lowest BCUT2D eigenvalue weighted by molar-refractivity contribution is -0.396. The predicted molar refractivity (Wildman–Crippen MR) is 129 cm³/mol. The summed E-state index contributed by atoms with van der Waals surface area (Å²) in [6.45, 7) is 1.87. The van der Waals surface area contributed by atoms with Crippen LogP contribution in [0.1, 0.15) is 35.7 Å². The first-order valence-corrected chi connectivity index (χ1v) is 11.6. The Hall–Kier alpha value is -4.58. The van der Waals surface area contributed by atoms with E-state index in [4.69, 9.17) is 14.5 Å². The minimum absolute atomic E-state index is 0.0781. The third-order valence-corrected chi connectivity index (χ3v) is 7.09. The van der Waals surface area contributed by atoms with E-state index in [0.29, 0.717) is 34.9 Å². The number of aliphatic hydroxyl groups is 1. The lowest BCUT2D eigenvalue weighted by Crippen LogP contribution is -2.44. The molecule has 37 heavy (non-hydrogen) atoms. The highest BCUT2D eigenvalue weighted by atomic mass is 16.6. The zero-order valence-corrected chi connectivity index (χ0v) is 19.9. The van der Waals surface area contributed by atoms with E-state index in [-0.39, 0.29) is 42.3 Å². The van der Waals surface area contributed by atoms with Crippen molar-refractivity contribution >= 4 is 22.8 Å². The molecule has 0 spiro atoms. The van der Waals surface area contributed by atoms with Crippen molar-refractivity contribution in [1.29, 1.82) is 0 Å². The van der Waals surface area contributed by atoms with E-state index in [2.05, 4.69) is 4.98 Å². The summed E-state index contributed by atoms with van der Waals surface area (Å²) in [7, 11) is 1.55. The molecule has 12 heteroatoms. The average molecular weight is 503 g/mol. The molecule has 0 bridgehead atoms. The van der Waals surface area contributed by atoms with E-state index in [1.165, 1.54) is 10.8 Å². The Balaban J connectivity index is 1.35. The van der Waals surface area contributed by atoms with Crippen LogP contribution in [-0.2, 0) is 41.9 Å². The quantitative estimate of drug-likeness (QED) is 0.216. The molecule has 0 saturated carbocycles. The summed E-state index contributed by atoms with van der Waals surface area (Å²) in [5.41, 5.74) is 1.55. The molecule has 0 aliphatic carbocycles. The van der Waals surface area contributed by atoms with Gasteiger partial charge >= 0.3 is 11.9 Å². The predicted octanol–water partition coefficient (Wildman–Crippen LogP) is 2.30. The summed E-state index contributed by atoms with van der Waals surface area (Å²) < 4.78 is 13.9. The van der Waals surface area contributed by atoms with Gasteiger partial charge in [-0.25, -0.2) is 14.3 Å². The molecule has 0 fully saturated rings. The first-order chi connectivity index (χ1) is 17.7. The maximum atomic E-state index is 13.3. The van der Waals surface area contributed by atoms with Crippen molar-refractivity contribution in [3.05, 3.63) is 79.4 Å². The van der Waals surface area contributed by atoms with Crippen LogP contribution in [0, 0.1) is 10.1 Å². The van der Waals surface area contributed by atoms with Crippen LogP contribution in [0.3, 0.4) is 0 Å². The van der Waals surface area contributed by atoms with Crippen molar-refractivity contribution < 1.29 is 24.3 Å². The lowest BCUT2D eigenvalue weighted by Gasteiger charge is -2.31. The molecule has 0 saturated heterocycles. The fraction of sp³-hybridized carbons (Fsp3) is 0.280. The van der Waals surface area contributed by atoms with Gasteiger partial charge in [0.25, 0.3) is 5.56 Å². The molecule has 0 amide bonds. The molecule has 1 N–H and O–H groups in total. The van der Waals surface area contributed by atoms with Crippen molar-refractivity contribution in [2.45, 2.75) is 38.7 Å². The van der Waals surface area contributed by atoms with Crippen LogP contribution in [0.15, 0.2) is 41.3 Å². The Morgan fingerprint density at radius 3 is 2.81 bits per heavy atom. The van der Waals surface area contributed by atoms with Gasteiger partial charge in [0.1, 0.15) is 25.2 Å². The molecule has 1 atom stereocenters. The number of aromatic nitrogens is 4. The number of fused-ring (bicyclic) bond motifs is 5. The van der Waals surface area contributed by atoms with E-state index in [1.807, 2.05) is 12.1 Å². The van der Waals surface area contributed by atoms with Crippen LogP contribution in [0.4, 0.5) is 5.95 Å². The molecule has 12 nitrogen and oxygen atoms in total. The van der Waals surface area contributed by atoms with Gasteiger partial charge in [-0.3, -0.25) is 4.79 Å². The van der Waals surface area contributed by atoms with Crippen molar-refractivity contribution in [3.63, 3.8) is 0 Å². The minimum Gasteiger partial charge on any atom is -0.486 e. The van der Waals surface area contributed by atoms with Gasteiger partial charge in [-0.15, -0.1) is 0 Å². The molecule has 4 aromatic rings. The van der Waals surface area contributed by atoms with Crippen LogP contribution in [-0.4, -0.2) is 35.1 Å². The van der Waals surface area contributed by atoms with Gasteiger partial charge in [0, 0.05) is 16.5 Å². The normalized spacial score (nSPS) is 17.8. The van der Waals surface area contributed by atoms with Gasteiger partial charge in [0.05, 0.1) is 36.1 Å². The number of ether oxygens (including phenoxy) is 2. The van der Waals surface area contributed by atoms with Gasteiger partial charge in [-0.05, 0) is 41.7 Å². The van der Waals surface area contributed by atoms with E-state index in [1.54, 1.807) is 36.7 Å². The van der Waals surface area contributed by atoms with Crippen molar-refractivity contribution in [2.75, 3.05) is 0 Å². The monoisotopic (exact) mass is 503 g/mol. The van der Waals surface area contributed by atoms with Crippen LogP contribution < -0.4 is 10.3 Å². The average Bonchev–Trinajstić information content (AvgIpc) is 3.43. The molecular formula is C25H21N5O7. The molecule has 0 unspecified atom stereocenters. The Labute approximate surface area is 208 Å². The zero-order valence-electron chi connectivity index (χ0n) is 19.9. The highest BCUT2D eigenvalue weighted by Gasteiger charge is 2.45. The number of nitro groups is 1. The van der Waals surface area contributed by atoms with Gasteiger partial charge in [-0.2, -0.15) is 0 Å². The van der Waals surface area contributed by atoms with E-state index in [0.717, 1.165) is 10.9 Å². The molecule has 0 radical (unpaired) electrons. The first-order valence-electron chi connectivity index (χ1n) is 11.6. The van der Waals surface area contributed by atoms with E-state index < -0.39 is 16.5 Å². The second-order valence-corrected chi connectivity index (χ2v) is 9.11. The number of carbonyl (C=O) groups excluding carboxylic acids is 1. The third-order valence-electron chi connectivity index (χ3n) is 7.09. The van der Waals surface area contributed by atoms with Crippen molar-refractivity contribution in [1.82, 2.24) is 19.1 Å². The van der Waals surface area contributed by atoms with Crippen LogP contribution >= 0.6 is 0 Å². The van der Waals surface area contributed by atoms with Crippen molar-refractivity contribution in [3.8, 4) is 17.1 Å². The molecule has 5 heterocycles. The Kier molecular flexibility index (Phi) is 4.92. The number of cyclic esters (lactones) is 1. The second-order valence-electron chi connectivity index (χ2n) is 9.11. The highest BCUT2D eigenvalue weighted by molar-refractivity contribution is 5.87. The number of nitrogens with zero attached hydrogens (tertiary/aromatic N) is 5. The van der Waals surface area contributed by atoms with E-state index in [9.17, 15) is 24.8 Å². The van der Waals surface area contributed by atoms with Gasteiger partial charge < -0.3 is 29.3 Å². The summed E-state index contributed by atoms with van der Waals surface area (Å²) in [6, 6.07) is 8.95. The summed E-state index contributed by atoms with van der Waals surface area (Å²) in [5.74, 6) is -0.476. The van der Waals surface area contributed by atoms with Crippen LogP contribution in [0.2, 0.25) is 0 Å². The Morgan fingerprint density at radius 1 is 1.27 bits per heavy atom. The maximum Gasteiger partial charge on any atom is 0.434 e. The maximum absolute atomic E-state index is 13.3. The smallest absolute Gasteiger partial charge is 0.434 e. The van der Waals surface area contributed by atoms with Gasteiger partial charge in [0.2, 0.25) is 0 Å². The first kappa shape index (κ1) is 22.9. The standard InChI is InChI=1S/C25H21N5O7/c1-3-25(33)18-8-20-21-14(10-29(20)22(31)17(18)12-37-23(25)32)6-13-7-16(4-5-19(13)27-21)36-11-15-9-26-24(28(15)2)30(34)35/h4-9,33H,3,10-12H2,1-2H3/t25-/m0/s1. The van der Waals surface area contributed by atoms with Crippen LogP contribution in [0.5, 0.6) is 5.75 Å². The number of esters is 1. The molecule has 6 rings (SSSR count). The molecule has 2 aliphatic heterocycles. The molecule has 1 aromatic carbocycles. The van der Waals surface area contributed by atoms with Crippen molar-refractivity contribution in [2.24, 2.45) is 7.05 Å². The third kappa shape index (κ3) is 3.33. The number of hydrogen-bond donors (Lipinski definition) is 1. The largest absolute Gasteiger partial charge is 0.486 e. The molecular weight excluding hydrogens is 482 g/mol. The zero-order chi connectivity index (χ0) is 26.1. The summed E-state index contributed by atoms with van der Waals surface area (Å²) in [5, 5.41) is 22.8. The van der Waals surface area contributed by atoms with E-state index >= 15 is 0 Å². The number of imidazole rings is 1. The summed E-state index contributed by atoms with van der Waals surface area (Å²) in [4.78, 5) is 44.6. The fourth-order valence-corrected chi connectivity index (χ4v) is 4.95. The highest BCUT2D eigenvalue weighted by Crippen LogP contribution is 2.38. The summed E-state index contributed by atoms with van der Waals surface area (Å²) in [6.07, 6.45) is 1.48. The van der Waals surface area contributed by atoms with Crippen LogP contribution in [0.25, 0.3) is 22.3 Å². The molecule has 188 valence electrons. The fourth-order valence-electron chi connectivity index (χ4n) is 4.95. The number of carbonyl (C=O) groups is 1. The topological polar surface area (TPSA) is 152 Å². The number of benzene rings is 1. The second kappa shape index (κ2) is 7.96. The SMILES string of the molecule is CC[C@@]1(O)C(=O)OCc2c1cc1n(c2=O)Cc2cc3cc(OCc4cnc([N+](=O)[O-])n4C)ccc3nc2-1. The Morgan fingerprint density at radius 2 is 2.08 bits per heavy atom. The van der Waals surface area contributed by atoms with Gasteiger partial charge in [-0.1, -0.05) is 11.9 Å². The lowest BCUT2D eigenvalue weighted by atomic mass is 9.86. The minimum atomic E-state index is -1.87. The molecule has 3 aromatic heterocycles. The molecule has 2 aliphatic rings. The van der Waals surface area contributed by atoms with Gasteiger partial charge in [0.15, 0.2) is 11.3 Å². The Bertz CT molecular complexity index is 1710. The number of rotatable bonds is 5.